The van der Waals surface area contributed by atoms with E-state index in [-0.39, 0.29) is 5.04 Å². The van der Waals surface area contributed by atoms with Crippen molar-refractivity contribution in [1.29, 1.82) is 0 Å². The van der Waals surface area contributed by atoms with Crippen molar-refractivity contribution in [3.05, 3.63) is 0 Å². The Morgan fingerprint density at radius 2 is 1.92 bits per heavy atom. The van der Waals surface area contributed by atoms with E-state index >= 15 is 0 Å². The lowest BCUT2D eigenvalue weighted by Crippen LogP contribution is -2.38. The van der Waals surface area contributed by atoms with Crippen LogP contribution < -0.4 is 0 Å². The third-order valence-corrected chi connectivity index (χ3v) is 6.34. The smallest absolute Gasteiger partial charge is 0.188 e. The number of rotatable bonds is 4. The summed E-state index contributed by atoms with van der Waals surface area (Å²) < 4.78 is 0. The summed E-state index contributed by atoms with van der Waals surface area (Å²) >= 11 is 0. The quantitative estimate of drug-likeness (QED) is 0.405. The molecule has 70 valence electrons. The van der Waals surface area contributed by atoms with Gasteiger partial charge in [-0.05, 0) is 31.0 Å². The molecule has 0 saturated heterocycles. The number of hydrogen-bond acceptors (Lipinski definition) is 1. The Morgan fingerprint density at radius 1 is 1.42 bits per heavy atom. The Hall–Kier alpha value is -0.263. The van der Waals surface area contributed by atoms with Crippen molar-refractivity contribution >= 4 is 8.32 Å². The molecule has 0 aromatic rings. The van der Waals surface area contributed by atoms with E-state index in [2.05, 4.69) is 19.8 Å². The van der Waals surface area contributed by atoms with Crippen LogP contribution in [0.15, 0.2) is 0 Å². The van der Waals surface area contributed by atoms with Gasteiger partial charge in [-0.2, -0.15) is 0 Å². The van der Waals surface area contributed by atoms with Crippen molar-refractivity contribution in [1.82, 2.24) is 0 Å². The minimum atomic E-state index is -2.00. The van der Waals surface area contributed by atoms with Gasteiger partial charge in [0, 0.05) is 6.42 Å². The van der Waals surface area contributed by atoms with Crippen molar-refractivity contribution < 1.29 is 4.80 Å². The summed E-state index contributed by atoms with van der Waals surface area (Å²) in [6, 6.07) is 0. The highest BCUT2D eigenvalue weighted by atomic mass is 28.4. The zero-order valence-corrected chi connectivity index (χ0v) is 9.65. The maximum Gasteiger partial charge on any atom is 0.188 e. The summed E-state index contributed by atoms with van der Waals surface area (Å²) in [5, 5.41) is 0.0872. The van der Waals surface area contributed by atoms with Crippen LogP contribution in [0.3, 0.4) is 0 Å². The van der Waals surface area contributed by atoms with E-state index in [1.807, 2.05) is 13.1 Å². The minimum Gasteiger partial charge on any atom is -0.432 e. The Labute approximate surface area is 77.3 Å². The van der Waals surface area contributed by atoms with E-state index in [1.54, 1.807) is 0 Å². The van der Waals surface area contributed by atoms with E-state index in [4.69, 9.17) is 6.42 Å². The Kier molecular flexibility index (Phi) is 4.02. The highest BCUT2D eigenvalue weighted by Gasteiger charge is 2.36. The number of terminal acetylenes is 1. The van der Waals surface area contributed by atoms with Crippen LogP contribution in [0.25, 0.3) is 0 Å². The van der Waals surface area contributed by atoms with Gasteiger partial charge in [0.1, 0.15) is 0 Å². The lowest BCUT2D eigenvalue weighted by Gasteiger charge is -2.34. The van der Waals surface area contributed by atoms with Gasteiger partial charge >= 0.3 is 0 Å². The first-order valence-corrected chi connectivity index (χ1v) is 7.42. The van der Waals surface area contributed by atoms with Gasteiger partial charge in [-0.25, -0.2) is 0 Å². The molecule has 2 heteroatoms. The van der Waals surface area contributed by atoms with Crippen LogP contribution in [-0.2, 0) is 0 Å². The Morgan fingerprint density at radius 3 is 2.25 bits per heavy atom. The minimum absolute atomic E-state index is 0.0872. The largest absolute Gasteiger partial charge is 0.432 e. The molecule has 0 unspecified atom stereocenters. The van der Waals surface area contributed by atoms with Gasteiger partial charge in [-0.3, -0.25) is 0 Å². The van der Waals surface area contributed by atoms with Crippen molar-refractivity contribution in [2.75, 3.05) is 0 Å². The van der Waals surface area contributed by atoms with Gasteiger partial charge in [-0.1, -0.05) is 13.8 Å². The first kappa shape index (κ1) is 11.7. The van der Waals surface area contributed by atoms with Crippen LogP contribution in [0.5, 0.6) is 0 Å². The van der Waals surface area contributed by atoms with Crippen LogP contribution in [0.1, 0.15) is 33.1 Å². The summed E-state index contributed by atoms with van der Waals surface area (Å²) in [5.74, 6) is 2.63. The van der Waals surface area contributed by atoms with Crippen LogP contribution >= 0.6 is 0 Å². The molecule has 0 atom stereocenters. The molecule has 0 saturated carbocycles. The van der Waals surface area contributed by atoms with Gasteiger partial charge in [0.25, 0.3) is 0 Å². The maximum absolute atomic E-state index is 9.93. The highest BCUT2D eigenvalue weighted by Crippen LogP contribution is 2.39. The second kappa shape index (κ2) is 4.11. The zero-order valence-electron chi connectivity index (χ0n) is 8.65. The number of unbranched alkanes of at least 4 members (excludes halogenated alkanes) is 1. The van der Waals surface area contributed by atoms with Gasteiger partial charge in [-0.15, -0.1) is 12.3 Å². The molecule has 0 fully saturated rings. The lowest BCUT2D eigenvalue weighted by atomic mass is 10.1. The predicted molar refractivity (Wildman–Crippen MR) is 56.4 cm³/mol. The number of hydrogen-bond donors (Lipinski definition) is 1. The van der Waals surface area contributed by atoms with E-state index in [9.17, 15) is 4.80 Å². The van der Waals surface area contributed by atoms with E-state index < -0.39 is 8.32 Å². The van der Waals surface area contributed by atoms with Gasteiger partial charge in [0.2, 0.25) is 0 Å². The summed E-state index contributed by atoms with van der Waals surface area (Å²) in [6.45, 7) is 8.25. The molecule has 12 heavy (non-hydrogen) atoms. The maximum atomic E-state index is 9.93. The molecule has 0 amide bonds. The second-order valence-electron chi connectivity index (χ2n) is 4.50. The molecule has 0 aliphatic carbocycles. The summed E-state index contributed by atoms with van der Waals surface area (Å²) in [6.07, 6.45) is 8.06. The molecule has 1 N–H and O–H groups in total. The molecule has 0 aromatic heterocycles. The third-order valence-electron chi connectivity index (χ3n) is 2.78. The van der Waals surface area contributed by atoms with E-state index in [1.165, 1.54) is 0 Å². The van der Waals surface area contributed by atoms with Crippen molar-refractivity contribution in [3.63, 3.8) is 0 Å². The van der Waals surface area contributed by atoms with Crippen LogP contribution in [0.4, 0.5) is 0 Å². The first-order valence-electron chi connectivity index (χ1n) is 4.47. The molecule has 0 radical (unpaired) electrons. The monoisotopic (exact) mass is 184 g/mol. The van der Waals surface area contributed by atoms with Crippen molar-refractivity contribution in [2.45, 2.75) is 51.2 Å². The predicted octanol–water partition coefficient (Wildman–Crippen LogP) is 2.77. The summed E-state index contributed by atoms with van der Waals surface area (Å²) in [4.78, 5) is 9.93. The summed E-state index contributed by atoms with van der Waals surface area (Å²) in [7, 11) is -2.00. The molecule has 0 aromatic carbocycles. The van der Waals surface area contributed by atoms with Crippen molar-refractivity contribution in [3.8, 4) is 12.3 Å². The molecule has 0 spiro atoms. The molecule has 0 aliphatic heterocycles. The molecule has 0 aliphatic rings. The second-order valence-corrected chi connectivity index (χ2v) is 8.97. The van der Waals surface area contributed by atoms with Crippen molar-refractivity contribution in [2.24, 2.45) is 0 Å². The Balaban J connectivity index is 3.98. The standard InChI is InChI=1S/C10H20OSi/c1-6-7-8-9-10(2,3)12(4,5)11/h1,11H,7-9H2,2-5H3. The molecule has 0 heterocycles. The van der Waals surface area contributed by atoms with Crippen LogP contribution in [0, 0.1) is 12.3 Å². The molecular formula is C10H20OSi. The molecule has 0 bridgehead atoms. The van der Waals surface area contributed by atoms with Gasteiger partial charge in [0.15, 0.2) is 8.32 Å². The molecular weight excluding hydrogens is 164 g/mol. The van der Waals surface area contributed by atoms with Crippen LogP contribution in [0.2, 0.25) is 18.1 Å². The third kappa shape index (κ3) is 3.42. The van der Waals surface area contributed by atoms with Gasteiger partial charge in [0.05, 0.1) is 0 Å². The first-order chi connectivity index (χ1) is 5.31. The van der Waals surface area contributed by atoms with E-state index in [0.717, 1.165) is 19.3 Å². The highest BCUT2D eigenvalue weighted by molar-refractivity contribution is 6.72. The molecule has 1 nitrogen and oxygen atoms in total. The average molecular weight is 184 g/mol. The topological polar surface area (TPSA) is 20.2 Å². The average Bonchev–Trinajstić information content (AvgIpc) is 1.85. The van der Waals surface area contributed by atoms with Gasteiger partial charge < -0.3 is 4.80 Å². The fraction of sp³-hybridized carbons (Fsp3) is 0.800. The van der Waals surface area contributed by atoms with Crippen LogP contribution in [-0.4, -0.2) is 13.1 Å². The molecule has 0 rings (SSSR count). The fourth-order valence-corrected chi connectivity index (χ4v) is 1.73. The Bertz CT molecular complexity index is 171. The fourth-order valence-electron chi connectivity index (χ4n) is 0.938. The zero-order chi connectivity index (χ0) is 9.83. The lowest BCUT2D eigenvalue weighted by molar-refractivity contribution is 0.444. The normalized spacial score (nSPS) is 12.7. The SMILES string of the molecule is C#CCCCC(C)(C)[Si](C)(C)O. The summed E-state index contributed by atoms with van der Waals surface area (Å²) in [5.41, 5.74) is 0. The van der Waals surface area contributed by atoms with E-state index in [0.29, 0.717) is 0 Å².